The molecule has 2 rings (SSSR count). The number of likely N-dealkylation sites (N-methyl/N-ethyl adjacent to an activating group) is 1. The summed E-state index contributed by atoms with van der Waals surface area (Å²) in [4.78, 5) is 2.48. The average molecular weight is 261 g/mol. The summed E-state index contributed by atoms with van der Waals surface area (Å²) in [5.74, 6) is -0.447. The number of hydrogen-bond acceptors (Lipinski definition) is 3. The van der Waals surface area contributed by atoms with Crippen molar-refractivity contribution in [2.45, 2.75) is 32.4 Å². The molecule has 0 spiro atoms. The smallest absolute Gasteiger partial charge is 0.140 e. The van der Waals surface area contributed by atoms with Gasteiger partial charge < -0.3 is 5.32 Å². The molecule has 0 amide bonds. The molecule has 1 aliphatic carbocycles. The van der Waals surface area contributed by atoms with E-state index in [2.05, 4.69) is 17.1 Å². The minimum Gasteiger partial charge on any atom is -0.311 e. The summed E-state index contributed by atoms with van der Waals surface area (Å²) in [6.45, 7) is 5.94. The first kappa shape index (κ1) is 14.0. The molecule has 0 atom stereocenters. The number of halogens is 1. The molecular weight excluding hydrogens is 241 g/mol. The van der Waals surface area contributed by atoms with Crippen LogP contribution in [0.1, 0.15) is 30.9 Å². The molecule has 0 aromatic heterocycles. The molecule has 19 heavy (non-hydrogen) atoms. The van der Waals surface area contributed by atoms with Gasteiger partial charge in [0.2, 0.25) is 0 Å². The van der Waals surface area contributed by atoms with Gasteiger partial charge in [-0.05, 0) is 37.1 Å². The van der Waals surface area contributed by atoms with Gasteiger partial charge in [0.25, 0.3) is 0 Å². The summed E-state index contributed by atoms with van der Waals surface area (Å²) in [6.07, 6.45) is 2.66. The quantitative estimate of drug-likeness (QED) is 0.765. The molecule has 0 radical (unpaired) electrons. The van der Waals surface area contributed by atoms with Crippen molar-refractivity contribution < 1.29 is 4.39 Å². The summed E-state index contributed by atoms with van der Waals surface area (Å²) in [5.41, 5.74) is 1.07. The molecule has 1 N–H and O–H groups in total. The molecule has 3 nitrogen and oxygen atoms in total. The Kier molecular flexibility index (Phi) is 4.89. The van der Waals surface area contributed by atoms with Crippen LogP contribution in [0.4, 0.5) is 4.39 Å². The predicted octanol–water partition coefficient (Wildman–Crippen LogP) is 2.27. The maximum atomic E-state index is 13.2. The Hall–Kier alpha value is -1.44. The van der Waals surface area contributed by atoms with Crippen molar-refractivity contribution in [1.82, 2.24) is 10.2 Å². The molecule has 0 heterocycles. The molecule has 1 saturated carbocycles. The van der Waals surface area contributed by atoms with Crippen LogP contribution in [0.5, 0.6) is 0 Å². The van der Waals surface area contributed by atoms with Gasteiger partial charge in [0.1, 0.15) is 11.9 Å². The van der Waals surface area contributed by atoms with Crippen LogP contribution in [0.2, 0.25) is 0 Å². The van der Waals surface area contributed by atoms with E-state index in [0.717, 1.165) is 31.2 Å². The Balaban J connectivity index is 1.74. The standard InChI is InChI=1S/C15H20FN3/c1-2-19(14-4-5-14)8-7-18-11-12-3-6-15(16)13(9-12)10-17/h3,6,9,14,18H,2,4-5,7-8,11H2,1H3. The van der Waals surface area contributed by atoms with Crippen molar-refractivity contribution in [3.63, 3.8) is 0 Å². The van der Waals surface area contributed by atoms with Crippen molar-refractivity contribution in [3.05, 3.63) is 35.1 Å². The highest BCUT2D eigenvalue weighted by molar-refractivity contribution is 5.34. The van der Waals surface area contributed by atoms with Crippen molar-refractivity contribution >= 4 is 0 Å². The molecule has 0 bridgehead atoms. The molecule has 1 aromatic carbocycles. The van der Waals surface area contributed by atoms with Crippen molar-refractivity contribution in [1.29, 1.82) is 5.26 Å². The van der Waals surface area contributed by atoms with Crippen LogP contribution in [0.15, 0.2) is 18.2 Å². The van der Waals surface area contributed by atoms with Crippen LogP contribution in [0.3, 0.4) is 0 Å². The highest BCUT2D eigenvalue weighted by Crippen LogP contribution is 2.25. The lowest BCUT2D eigenvalue weighted by atomic mass is 10.1. The SMILES string of the molecule is CCN(CCNCc1ccc(F)c(C#N)c1)C1CC1. The summed E-state index contributed by atoms with van der Waals surface area (Å²) in [6, 6.07) is 7.35. The highest BCUT2D eigenvalue weighted by Gasteiger charge is 2.26. The minimum absolute atomic E-state index is 0.118. The first-order valence-electron chi connectivity index (χ1n) is 6.88. The van der Waals surface area contributed by atoms with Gasteiger partial charge in [0, 0.05) is 25.7 Å². The number of nitrogens with one attached hydrogen (secondary N) is 1. The largest absolute Gasteiger partial charge is 0.311 e. The van der Waals surface area contributed by atoms with Crippen molar-refractivity contribution in [2.75, 3.05) is 19.6 Å². The van der Waals surface area contributed by atoms with E-state index in [1.165, 1.54) is 18.9 Å². The van der Waals surface area contributed by atoms with Gasteiger partial charge in [-0.1, -0.05) is 13.0 Å². The highest BCUT2D eigenvalue weighted by atomic mass is 19.1. The molecule has 102 valence electrons. The predicted molar refractivity (Wildman–Crippen MR) is 73.1 cm³/mol. The Morgan fingerprint density at radius 2 is 2.26 bits per heavy atom. The van der Waals surface area contributed by atoms with Gasteiger partial charge in [-0.3, -0.25) is 4.90 Å². The van der Waals surface area contributed by atoms with Gasteiger partial charge in [-0.15, -0.1) is 0 Å². The Labute approximate surface area is 114 Å². The topological polar surface area (TPSA) is 39.1 Å². The monoisotopic (exact) mass is 261 g/mol. The van der Waals surface area contributed by atoms with E-state index in [-0.39, 0.29) is 5.56 Å². The maximum Gasteiger partial charge on any atom is 0.140 e. The second-order valence-electron chi connectivity index (χ2n) is 4.96. The van der Waals surface area contributed by atoms with Crippen LogP contribution >= 0.6 is 0 Å². The van der Waals surface area contributed by atoms with Crippen LogP contribution in [0.25, 0.3) is 0 Å². The van der Waals surface area contributed by atoms with E-state index in [9.17, 15) is 4.39 Å². The van der Waals surface area contributed by atoms with Crippen LogP contribution in [0, 0.1) is 17.1 Å². The number of benzene rings is 1. The lowest BCUT2D eigenvalue weighted by Crippen LogP contribution is -2.33. The third-order valence-corrected chi connectivity index (χ3v) is 3.53. The second-order valence-corrected chi connectivity index (χ2v) is 4.96. The fourth-order valence-electron chi connectivity index (χ4n) is 2.26. The third kappa shape index (κ3) is 4.02. The fourth-order valence-corrected chi connectivity index (χ4v) is 2.26. The van der Waals surface area contributed by atoms with Crippen LogP contribution < -0.4 is 5.32 Å². The van der Waals surface area contributed by atoms with E-state index in [4.69, 9.17) is 5.26 Å². The maximum absolute atomic E-state index is 13.2. The van der Waals surface area contributed by atoms with Gasteiger partial charge >= 0.3 is 0 Å². The number of hydrogen-bond donors (Lipinski definition) is 1. The number of nitriles is 1. The molecular formula is C15H20FN3. The minimum atomic E-state index is -0.447. The third-order valence-electron chi connectivity index (χ3n) is 3.53. The van der Waals surface area contributed by atoms with Crippen molar-refractivity contribution in [3.8, 4) is 6.07 Å². The molecule has 1 fully saturated rings. The van der Waals surface area contributed by atoms with Crippen LogP contribution in [-0.2, 0) is 6.54 Å². The Morgan fingerprint density at radius 3 is 2.89 bits per heavy atom. The van der Waals surface area contributed by atoms with E-state index >= 15 is 0 Å². The fraction of sp³-hybridized carbons (Fsp3) is 0.533. The molecule has 1 aliphatic rings. The number of nitrogens with zero attached hydrogens (tertiary/aromatic N) is 2. The Morgan fingerprint density at radius 1 is 1.47 bits per heavy atom. The van der Waals surface area contributed by atoms with E-state index in [0.29, 0.717) is 6.54 Å². The molecule has 1 aromatic rings. The average Bonchev–Trinajstić information content (AvgIpc) is 3.25. The first-order chi connectivity index (χ1) is 9.24. The van der Waals surface area contributed by atoms with Gasteiger partial charge in [0.15, 0.2) is 0 Å². The first-order valence-corrected chi connectivity index (χ1v) is 6.88. The van der Waals surface area contributed by atoms with E-state index in [1.807, 2.05) is 6.07 Å². The lowest BCUT2D eigenvalue weighted by molar-refractivity contribution is 0.277. The van der Waals surface area contributed by atoms with Crippen molar-refractivity contribution in [2.24, 2.45) is 0 Å². The normalized spacial score (nSPS) is 14.6. The van der Waals surface area contributed by atoms with Gasteiger partial charge in [-0.25, -0.2) is 4.39 Å². The summed E-state index contributed by atoms with van der Waals surface area (Å²) < 4.78 is 13.2. The van der Waals surface area contributed by atoms with E-state index < -0.39 is 5.82 Å². The van der Waals surface area contributed by atoms with Crippen LogP contribution in [-0.4, -0.2) is 30.6 Å². The Bertz CT molecular complexity index is 463. The van der Waals surface area contributed by atoms with Gasteiger partial charge in [0.05, 0.1) is 5.56 Å². The zero-order valence-corrected chi connectivity index (χ0v) is 11.3. The molecule has 0 unspecified atom stereocenters. The van der Waals surface area contributed by atoms with Gasteiger partial charge in [-0.2, -0.15) is 5.26 Å². The molecule has 0 aliphatic heterocycles. The zero-order chi connectivity index (χ0) is 13.7. The second kappa shape index (κ2) is 6.65. The van der Waals surface area contributed by atoms with E-state index in [1.54, 1.807) is 12.1 Å². The molecule has 0 saturated heterocycles. The summed E-state index contributed by atoms with van der Waals surface area (Å²) in [7, 11) is 0. The summed E-state index contributed by atoms with van der Waals surface area (Å²) >= 11 is 0. The number of rotatable bonds is 7. The zero-order valence-electron chi connectivity index (χ0n) is 11.3. The lowest BCUT2D eigenvalue weighted by Gasteiger charge is -2.19. The molecule has 4 heteroatoms. The summed E-state index contributed by atoms with van der Waals surface area (Å²) in [5, 5.41) is 12.1.